The summed E-state index contributed by atoms with van der Waals surface area (Å²) in [6, 6.07) is 8.07. The van der Waals surface area contributed by atoms with Gasteiger partial charge in [0.15, 0.2) is 5.03 Å². The van der Waals surface area contributed by atoms with Gasteiger partial charge in [0, 0.05) is 25.8 Å². The van der Waals surface area contributed by atoms with Crippen LogP contribution in [0.1, 0.15) is 18.4 Å². The van der Waals surface area contributed by atoms with Crippen LogP contribution in [0, 0.1) is 0 Å². The highest BCUT2D eigenvalue weighted by Gasteiger charge is 2.64. The number of carbonyl (C=O) groups is 2. The van der Waals surface area contributed by atoms with Gasteiger partial charge in [-0.2, -0.15) is 4.31 Å². The van der Waals surface area contributed by atoms with Gasteiger partial charge in [-0.3, -0.25) is 0 Å². The topological polar surface area (TPSA) is 147 Å². The number of aliphatic carboxylic acids is 1. The zero-order valence-electron chi connectivity index (χ0n) is 17.7. The Balaban J connectivity index is 1.85. The Bertz CT molecular complexity index is 1170. The Kier molecular flexibility index (Phi) is 5.99. The van der Waals surface area contributed by atoms with Crippen LogP contribution >= 0.6 is 0 Å². The van der Waals surface area contributed by atoms with Crippen molar-refractivity contribution in [3.8, 4) is 5.75 Å². The summed E-state index contributed by atoms with van der Waals surface area (Å²) in [5.41, 5.74) is -1.97. The van der Waals surface area contributed by atoms with E-state index in [1.807, 2.05) is 0 Å². The van der Waals surface area contributed by atoms with E-state index in [1.165, 1.54) is 49.7 Å². The Morgan fingerprint density at radius 1 is 1.21 bits per heavy atom. The molecule has 0 radical (unpaired) electrons. The maximum Gasteiger partial charge on any atom is 0.413 e. The predicted octanol–water partition coefficient (Wildman–Crippen LogP) is 1.78. The molecule has 1 amide bonds. The average molecular weight is 477 g/mol. The fraction of sp³-hybridized carbons (Fsp3) is 0.381. The third-order valence-corrected chi connectivity index (χ3v) is 7.48. The first-order chi connectivity index (χ1) is 15.7. The standard InChI is InChI=1S/C21H23N3O8S/c1-31-10-11-32-16-7-8-17-14(12-16)13-21(19(25)26,23(17)20(27)28)24(15-5-6-15)33(29,30)18-4-2-3-9-22-18/h2-4,7-9,12,15H,5-6,10-11,13H2,1H3,(H,25,26)(H,27,28). The molecule has 33 heavy (non-hydrogen) atoms. The van der Waals surface area contributed by atoms with Crippen molar-refractivity contribution in [1.82, 2.24) is 9.29 Å². The van der Waals surface area contributed by atoms with Crippen molar-refractivity contribution in [2.45, 2.75) is 36.0 Å². The summed E-state index contributed by atoms with van der Waals surface area (Å²) in [4.78, 5) is 29.7. The van der Waals surface area contributed by atoms with E-state index in [4.69, 9.17) is 9.47 Å². The molecule has 0 saturated heterocycles. The molecule has 0 spiro atoms. The van der Waals surface area contributed by atoms with Crippen LogP contribution in [0.5, 0.6) is 5.75 Å². The number of methoxy groups -OCH3 is 1. The second kappa shape index (κ2) is 8.61. The number of ether oxygens (including phenoxy) is 2. The minimum atomic E-state index is -4.45. The summed E-state index contributed by atoms with van der Waals surface area (Å²) in [6.07, 6.45) is 0.152. The summed E-state index contributed by atoms with van der Waals surface area (Å²) in [6.45, 7) is 0.569. The van der Waals surface area contributed by atoms with Gasteiger partial charge in [0.05, 0.1) is 12.3 Å². The fourth-order valence-electron chi connectivity index (χ4n) is 4.11. The van der Waals surface area contributed by atoms with Gasteiger partial charge in [0.1, 0.15) is 12.4 Å². The lowest BCUT2D eigenvalue weighted by molar-refractivity contribution is -0.148. The van der Waals surface area contributed by atoms with Crippen molar-refractivity contribution in [3.05, 3.63) is 48.2 Å². The first-order valence-electron chi connectivity index (χ1n) is 10.2. The zero-order chi connectivity index (χ0) is 23.8. The number of rotatable bonds is 9. The van der Waals surface area contributed by atoms with Crippen LogP contribution in [0.4, 0.5) is 10.5 Å². The summed E-state index contributed by atoms with van der Waals surface area (Å²) < 4.78 is 38.6. The molecule has 2 aliphatic rings. The summed E-state index contributed by atoms with van der Waals surface area (Å²) in [5.74, 6) is -1.20. The molecule has 11 nitrogen and oxygen atoms in total. The second-order valence-corrected chi connectivity index (χ2v) is 9.51. The quantitative estimate of drug-likeness (QED) is 0.516. The minimum absolute atomic E-state index is 0.0888. The highest BCUT2D eigenvalue weighted by Crippen LogP contribution is 2.48. The van der Waals surface area contributed by atoms with Gasteiger partial charge < -0.3 is 19.7 Å². The summed E-state index contributed by atoms with van der Waals surface area (Å²) >= 11 is 0. The predicted molar refractivity (Wildman–Crippen MR) is 115 cm³/mol. The third kappa shape index (κ3) is 3.90. The van der Waals surface area contributed by atoms with Gasteiger partial charge in [-0.1, -0.05) is 6.07 Å². The first-order valence-corrected chi connectivity index (χ1v) is 11.6. The molecule has 1 aliphatic carbocycles. The van der Waals surface area contributed by atoms with E-state index >= 15 is 0 Å². The van der Waals surface area contributed by atoms with Crippen LogP contribution in [-0.2, 0) is 26.0 Å². The van der Waals surface area contributed by atoms with Gasteiger partial charge in [0.25, 0.3) is 10.0 Å². The Labute approximate surface area is 190 Å². The highest BCUT2D eigenvalue weighted by molar-refractivity contribution is 7.89. The number of anilines is 1. The molecule has 4 rings (SSSR count). The molecular weight excluding hydrogens is 454 g/mol. The minimum Gasteiger partial charge on any atom is -0.491 e. The lowest BCUT2D eigenvalue weighted by Gasteiger charge is -2.41. The van der Waals surface area contributed by atoms with E-state index in [2.05, 4.69) is 4.98 Å². The maximum absolute atomic E-state index is 13.6. The average Bonchev–Trinajstić information content (AvgIpc) is 3.53. The van der Waals surface area contributed by atoms with E-state index in [9.17, 15) is 28.2 Å². The van der Waals surface area contributed by atoms with E-state index < -0.39 is 33.8 Å². The van der Waals surface area contributed by atoms with Crippen LogP contribution in [0.2, 0.25) is 0 Å². The molecule has 1 aromatic heterocycles. The molecule has 2 heterocycles. The zero-order valence-corrected chi connectivity index (χ0v) is 18.6. The SMILES string of the molecule is COCCOc1ccc2c(c1)CC(C(=O)O)(N(C1CC1)S(=O)(=O)c1ccccn1)N2C(=O)O. The molecule has 12 heteroatoms. The first kappa shape index (κ1) is 23.0. The Hall–Kier alpha value is -3.22. The van der Waals surface area contributed by atoms with Crippen molar-refractivity contribution >= 4 is 27.8 Å². The van der Waals surface area contributed by atoms with E-state index in [1.54, 1.807) is 0 Å². The Morgan fingerprint density at radius 2 is 1.97 bits per heavy atom. The van der Waals surface area contributed by atoms with Crippen molar-refractivity contribution in [2.24, 2.45) is 0 Å². The number of aromatic nitrogens is 1. The molecular formula is C21H23N3O8S. The smallest absolute Gasteiger partial charge is 0.413 e. The molecule has 0 bridgehead atoms. The van der Waals surface area contributed by atoms with Gasteiger partial charge in [-0.25, -0.2) is 27.9 Å². The number of pyridine rings is 1. The second-order valence-electron chi connectivity index (χ2n) is 7.75. The number of sulfonamides is 1. The van der Waals surface area contributed by atoms with Crippen LogP contribution in [0.25, 0.3) is 0 Å². The van der Waals surface area contributed by atoms with Crippen molar-refractivity contribution in [2.75, 3.05) is 25.2 Å². The van der Waals surface area contributed by atoms with Gasteiger partial charge in [0.2, 0.25) is 5.66 Å². The van der Waals surface area contributed by atoms with Crippen LogP contribution in [0.3, 0.4) is 0 Å². The van der Waals surface area contributed by atoms with Gasteiger partial charge in [-0.15, -0.1) is 0 Å². The number of hydrogen-bond acceptors (Lipinski definition) is 7. The van der Waals surface area contributed by atoms with E-state index in [0.29, 0.717) is 35.7 Å². The number of carboxylic acids is 1. The van der Waals surface area contributed by atoms with Crippen molar-refractivity contribution < 1.29 is 37.7 Å². The number of benzene rings is 1. The lowest BCUT2D eigenvalue weighted by atomic mass is 10.0. The highest BCUT2D eigenvalue weighted by atomic mass is 32.2. The van der Waals surface area contributed by atoms with Crippen LogP contribution in [0.15, 0.2) is 47.6 Å². The Morgan fingerprint density at radius 3 is 2.55 bits per heavy atom. The molecule has 176 valence electrons. The molecule has 1 aliphatic heterocycles. The maximum atomic E-state index is 13.6. The number of hydrogen-bond donors (Lipinski definition) is 2. The molecule has 2 N–H and O–H groups in total. The normalized spacial score (nSPS) is 20.0. The van der Waals surface area contributed by atoms with Crippen LogP contribution < -0.4 is 9.64 Å². The lowest BCUT2D eigenvalue weighted by Crippen LogP contribution is -2.68. The van der Waals surface area contributed by atoms with E-state index in [-0.39, 0.29) is 23.7 Å². The summed E-state index contributed by atoms with van der Waals surface area (Å²) in [7, 11) is -2.93. The summed E-state index contributed by atoms with van der Waals surface area (Å²) in [5, 5.41) is 20.1. The van der Waals surface area contributed by atoms with Gasteiger partial charge in [-0.05, 0) is 48.7 Å². The van der Waals surface area contributed by atoms with Gasteiger partial charge >= 0.3 is 12.1 Å². The third-order valence-electron chi connectivity index (χ3n) is 5.59. The number of nitrogens with zero attached hydrogens (tertiary/aromatic N) is 3. The molecule has 1 unspecified atom stereocenters. The number of carboxylic acid groups (broad SMARTS) is 2. The van der Waals surface area contributed by atoms with E-state index in [0.717, 1.165) is 4.31 Å². The number of amides is 1. The molecule has 2 aromatic rings. The van der Waals surface area contributed by atoms with Crippen molar-refractivity contribution in [1.29, 1.82) is 0 Å². The number of fused-ring (bicyclic) bond motifs is 1. The van der Waals surface area contributed by atoms with Crippen LogP contribution in [-0.4, -0.2) is 72.0 Å². The fourth-order valence-corrected chi connectivity index (χ4v) is 5.98. The molecule has 1 fully saturated rings. The molecule has 1 aromatic carbocycles. The molecule has 1 atom stereocenters. The molecule has 1 saturated carbocycles. The largest absolute Gasteiger partial charge is 0.491 e. The van der Waals surface area contributed by atoms with Crippen molar-refractivity contribution in [3.63, 3.8) is 0 Å². The monoisotopic (exact) mass is 477 g/mol.